The van der Waals surface area contributed by atoms with E-state index in [1.165, 1.54) is 0 Å². The highest BCUT2D eigenvalue weighted by Gasteiger charge is 2.43. The molecule has 0 saturated heterocycles. The van der Waals surface area contributed by atoms with Crippen molar-refractivity contribution in [2.45, 2.75) is 38.0 Å². The second-order valence-corrected chi connectivity index (χ2v) is 5.76. The molecule has 0 bridgehead atoms. The van der Waals surface area contributed by atoms with E-state index in [1.54, 1.807) is 0 Å². The van der Waals surface area contributed by atoms with Crippen molar-refractivity contribution in [1.82, 2.24) is 5.32 Å². The molecule has 1 aliphatic carbocycles. The number of hydrogen-bond acceptors (Lipinski definition) is 4. The number of carbonyl (C=O) groups excluding carboxylic acids is 1. The molecule has 0 unspecified atom stereocenters. The molecule has 1 aromatic rings. The molecule has 1 aliphatic rings. The van der Waals surface area contributed by atoms with E-state index < -0.39 is 5.41 Å². The lowest BCUT2D eigenvalue weighted by Gasteiger charge is -2.27. The van der Waals surface area contributed by atoms with Gasteiger partial charge in [-0.2, -0.15) is 0 Å². The SMILES string of the molecule is CCNCCOCCOC(=O)C1(c2ccccc2)CCCC1. The van der Waals surface area contributed by atoms with Gasteiger partial charge in [0.15, 0.2) is 0 Å². The minimum Gasteiger partial charge on any atom is -0.463 e. The highest BCUT2D eigenvalue weighted by molar-refractivity contribution is 5.83. The lowest BCUT2D eigenvalue weighted by atomic mass is 9.79. The first kappa shape index (κ1) is 17.0. The molecule has 0 radical (unpaired) electrons. The normalized spacial score (nSPS) is 16.6. The second-order valence-electron chi connectivity index (χ2n) is 5.76. The third kappa shape index (κ3) is 4.31. The van der Waals surface area contributed by atoms with Crippen LogP contribution in [0.2, 0.25) is 0 Å². The van der Waals surface area contributed by atoms with Crippen molar-refractivity contribution in [3.05, 3.63) is 35.9 Å². The van der Waals surface area contributed by atoms with Crippen molar-refractivity contribution in [2.24, 2.45) is 0 Å². The zero-order valence-electron chi connectivity index (χ0n) is 13.5. The lowest BCUT2D eigenvalue weighted by Crippen LogP contribution is -2.35. The van der Waals surface area contributed by atoms with Crippen molar-refractivity contribution < 1.29 is 14.3 Å². The Balaban J connectivity index is 1.81. The fourth-order valence-corrected chi connectivity index (χ4v) is 3.10. The Morgan fingerprint density at radius 3 is 2.55 bits per heavy atom. The van der Waals surface area contributed by atoms with Gasteiger partial charge in [0.2, 0.25) is 0 Å². The monoisotopic (exact) mass is 305 g/mol. The molecule has 0 spiro atoms. The molecule has 2 rings (SSSR count). The zero-order chi connectivity index (χ0) is 15.7. The number of rotatable bonds is 9. The van der Waals surface area contributed by atoms with Crippen LogP contribution in [0.25, 0.3) is 0 Å². The number of hydrogen-bond donors (Lipinski definition) is 1. The van der Waals surface area contributed by atoms with Gasteiger partial charge in [0.25, 0.3) is 0 Å². The molecule has 1 N–H and O–H groups in total. The Morgan fingerprint density at radius 2 is 1.86 bits per heavy atom. The van der Waals surface area contributed by atoms with Crippen LogP contribution in [0.3, 0.4) is 0 Å². The van der Waals surface area contributed by atoms with Gasteiger partial charge in [-0.25, -0.2) is 0 Å². The van der Waals surface area contributed by atoms with Crippen LogP contribution in [0.5, 0.6) is 0 Å². The molecule has 1 saturated carbocycles. The maximum Gasteiger partial charge on any atom is 0.316 e. The molecule has 4 nitrogen and oxygen atoms in total. The molecule has 1 fully saturated rings. The molecule has 122 valence electrons. The summed E-state index contributed by atoms with van der Waals surface area (Å²) in [5.74, 6) is -0.0912. The van der Waals surface area contributed by atoms with E-state index >= 15 is 0 Å². The number of nitrogens with one attached hydrogen (secondary N) is 1. The van der Waals surface area contributed by atoms with E-state index in [-0.39, 0.29) is 5.97 Å². The number of likely N-dealkylation sites (N-methyl/N-ethyl adjacent to an activating group) is 1. The topological polar surface area (TPSA) is 47.6 Å². The van der Waals surface area contributed by atoms with E-state index in [0.29, 0.717) is 19.8 Å². The van der Waals surface area contributed by atoms with Gasteiger partial charge in [-0.15, -0.1) is 0 Å². The minimum absolute atomic E-state index is 0.0912. The third-order valence-electron chi connectivity index (χ3n) is 4.31. The van der Waals surface area contributed by atoms with Gasteiger partial charge in [-0.05, 0) is 24.9 Å². The number of ether oxygens (including phenoxy) is 2. The van der Waals surface area contributed by atoms with Crippen LogP contribution in [0.15, 0.2) is 30.3 Å². The lowest BCUT2D eigenvalue weighted by molar-refractivity contribution is -0.152. The summed E-state index contributed by atoms with van der Waals surface area (Å²) in [6.07, 6.45) is 3.95. The van der Waals surface area contributed by atoms with Crippen LogP contribution in [0.1, 0.15) is 38.2 Å². The largest absolute Gasteiger partial charge is 0.463 e. The quantitative estimate of drug-likeness (QED) is 0.563. The second kappa shape index (κ2) is 8.91. The molecular weight excluding hydrogens is 278 g/mol. The van der Waals surface area contributed by atoms with Crippen LogP contribution in [-0.2, 0) is 19.7 Å². The number of benzene rings is 1. The first-order valence-corrected chi connectivity index (χ1v) is 8.31. The standard InChI is InChI=1S/C18H27NO3/c1-2-19-12-13-21-14-15-22-17(20)18(10-6-7-11-18)16-8-4-3-5-9-16/h3-5,8-9,19H,2,6-7,10-15H2,1H3. The predicted molar refractivity (Wildman–Crippen MR) is 86.9 cm³/mol. The van der Waals surface area contributed by atoms with Gasteiger partial charge >= 0.3 is 5.97 Å². The van der Waals surface area contributed by atoms with Crippen LogP contribution < -0.4 is 5.32 Å². The molecule has 0 aliphatic heterocycles. The van der Waals surface area contributed by atoms with Crippen LogP contribution in [-0.4, -0.2) is 38.9 Å². The molecule has 1 aromatic carbocycles. The zero-order valence-corrected chi connectivity index (χ0v) is 13.5. The van der Waals surface area contributed by atoms with Crippen molar-refractivity contribution in [1.29, 1.82) is 0 Å². The van der Waals surface area contributed by atoms with E-state index in [4.69, 9.17) is 9.47 Å². The van der Waals surface area contributed by atoms with Gasteiger partial charge in [-0.1, -0.05) is 50.1 Å². The molecule has 0 aromatic heterocycles. The average Bonchev–Trinajstić information content (AvgIpc) is 3.06. The first-order chi connectivity index (χ1) is 10.8. The fraction of sp³-hybridized carbons (Fsp3) is 0.611. The molecule has 4 heteroatoms. The van der Waals surface area contributed by atoms with Crippen molar-refractivity contribution >= 4 is 5.97 Å². The van der Waals surface area contributed by atoms with E-state index in [9.17, 15) is 4.79 Å². The van der Waals surface area contributed by atoms with Crippen LogP contribution in [0, 0.1) is 0 Å². The average molecular weight is 305 g/mol. The van der Waals surface area contributed by atoms with Crippen molar-refractivity contribution in [3.8, 4) is 0 Å². The van der Waals surface area contributed by atoms with Crippen molar-refractivity contribution in [3.63, 3.8) is 0 Å². The Hall–Kier alpha value is -1.39. The highest BCUT2D eigenvalue weighted by Crippen LogP contribution is 2.42. The highest BCUT2D eigenvalue weighted by atomic mass is 16.6. The predicted octanol–water partition coefficient (Wildman–Crippen LogP) is 2.67. The van der Waals surface area contributed by atoms with Gasteiger partial charge in [0, 0.05) is 6.54 Å². The summed E-state index contributed by atoms with van der Waals surface area (Å²) in [6.45, 7) is 5.28. The molecule has 0 atom stereocenters. The number of carbonyl (C=O) groups is 1. The smallest absolute Gasteiger partial charge is 0.316 e. The fourth-order valence-electron chi connectivity index (χ4n) is 3.10. The third-order valence-corrected chi connectivity index (χ3v) is 4.31. The summed E-state index contributed by atoms with van der Waals surface area (Å²) in [5.41, 5.74) is 0.649. The first-order valence-electron chi connectivity index (χ1n) is 8.31. The Bertz CT molecular complexity index is 441. The summed E-state index contributed by atoms with van der Waals surface area (Å²) in [5, 5.41) is 3.19. The maximum absolute atomic E-state index is 12.6. The summed E-state index contributed by atoms with van der Waals surface area (Å²) < 4.78 is 11.0. The summed E-state index contributed by atoms with van der Waals surface area (Å²) in [6, 6.07) is 10.0. The minimum atomic E-state index is -0.439. The van der Waals surface area contributed by atoms with E-state index in [2.05, 4.69) is 12.2 Å². The summed E-state index contributed by atoms with van der Waals surface area (Å²) in [4.78, 5) is 12.6. The Kier molecular flexibility index (Phi) is 6.87. The molecular formula is C18H27NO3. The Labute approximate surface area is 133 Å². The molecule has 0 heterocycles. The molecule has 22 heavy (non-hydrogen) atoms. The summed E-state index contributed by atoms with van der Waals surface area (Å²) in [7, 11) is 0. The van der Waals surface area contributed by atoms with Gasteiger partial charge in [-0.3, -0.25) is 4.79 Å². The van der Waals surface area contributed by atoms with Gasteiger partial charge < -0.3 is 14.8 Å². The van der Waals surface area contributed by atoms with Crippen molar-refractivity contribution in [2.75, 3.05) is 32.9 Å². The van der Waals surface area contributed by atoms with Crippen LogP contribution >= 0.6 is 0 Å². The van der Waals surface area contributed by atoms with E-state index in [0.717, 1.165) is 44.3 Å². The Morgan fingerprint density at radius 1 is 1.14 bits per heavy atom. The van der Waals surface area contributed by atoms with Gasteiger partial charge in [0.1, 0.15) is 6.61 Å². The number of esters is 1. The van der Waals surface area contributed by atoms with Crippen LogP contribution in [0.4, 0.5) is 0 Å². The van der Waals surface area contributed by atoms with Gasteiger partial charge in [0.05, 0.1) is 18.6 Å². The summed E-state index contributed by atoms with van der Waals surface area (Å²) >= 11 is 0. The van der Waals surface area contributed by atoms with E-state index in [1.807, 2.05) is 30.3 Å². The molecule has 0 amide bonds. The maximum atomic E-state index is 12.6.